The second-order valence-corrected chi connectivity index (χ2v) is 6.48. The van der Waals surface area contributed by atoms with E-state index in [0.717, 1.165) is 23.1 Å². The number of benzene rings is 2. The van der Waals surface area contributed by atoms with Crippen molar-refractivity contribution in [1.82, 2.24) is 4.90 Å². The van der Waals surface area contributed by atoms with Crippen LogP contribution in [-0.2, 0) is 9.59 Å². The van der Waals surface area contributed by atoms with Gasteiger partial charge in [0.1, 0.15) is 11.6 Å². The van der Waals surface area contributed by atoms with Gasteiger partial charge < -0.3 is 10.2 Å². The van der Waals surface area contributed by atoms with E-state index in [-0.39, 0.29) is 12.1 Å². The first-order valence-corrected chi connectivity index (χ1v) is 8.25. The Morgan fingerprint density at radius 2 is 1.79 bits per heavy atom. The first-order valence-electron chi connectivity index (χ1n) is 8.25. The first kappa shape index (κ1) is 20.2. The van der Waals surface area contributed by atoms with E-state index in [2.05, 4.69) is 5.32 Å². The highest BCUT2D eigenvalue weighted by Gasteiger charge is 2.45. The molecule has 152 valence electrons. The number of nitrogens with zero attached hydrogens (tertiary/aromatic N) is 2. The van der Waals surface area contributed by atoms with E-state index in [9.17, 15) is 37.3 Å². The molecule has 2 aromatic rings. The molecule has 2 atom stereocenters. The number of hydrogen-bond donors (Lipinski definition) is 1. The minimum Gasteiger partial charge on any atom is -0.344 e. The van der Waals surface area contributed by atoms with Gasteiger partial charge in [-0.05, 0) is 29.8 Å². The summed E-state index contributed by atoms with van der Waals surface area (Å²) in [6.07, 6.45) is 0. The maximum Gasteiger partial charge on any atom is 0.328 e. The molecular weight excluding hydrogens is 398 g/mol. The van der Waals surface area contributed by atoms with E-state index in [1.54, 1.807) is 0 Å². The summed E-state index contributed by atoms with van der Waals surface area (Å²) in [4.78, 5) is 36.3. The molecule has 1 fully saturated rings. The monoisotopic (exact) mass is 411 g/mol. The van der Waals surface area contributed by atoms with Crippen LogP contribution in [-0.4, -0.2) is 35.2 Å². The molecule has 1 saturated heterocycles. The molecule has 0 unspecified atom stereocenters. The van der Waals surface area contributed by atoms with Crippen molar-refractivity contribution in [2.75, 3.05) is 18.9 Å². The molecule has 11 heteroatoms. The molecule has 2 aromatic carbocycles. The molecule has 1 aliphatic rings. The maximum atomic E-state index is 13.7. The van der Waals surface area contributed by atoms with Crippen molar-refractivity contribution in [2.45, 2.75) is 5.92 Å². The Balaban J connectivity index is 1.97. The molecule has 1 N–H and O–H groups in total. The predicted octanol–water partition coefficient (Wildman–Crippen LogP) is 2.96. The molecular formula is C18H13F4N3O4. The zero-order chi connectivity index (χ0) is 21.5. The van der Waals surface area contributed by atoms with Crippen molar-refractivity contribution >= 4 is 23.2 Å². The van der Waals surface area contributed by atoms with Crippen LogP contribution in [0, 0.1) is 39.3 Å². The van der Waals surface area contributed by atoms with Gasteiger partial charge in [-0.1, -0.05) is 6.07 Å². The number of anilines is 1. The van der Waals surface area contributed by atoms with Crippen molar-refractivity contribution in [1.29, 1.82) is 0 Å². The summed E-state index contributed by atoms with van der Waals surface area (Å²) in [6.45, 7) is -0.104. The number of amides is 2. The molecule has 0 spiro atoms. The summed E-state index contributed by atoms with van der Waals surface area (Å²) < 4.78 is 54.2. The quantitative estimate of drug-likeness (QED) is 0.275. The fourth-order valence-electron chi connectivity index (χ4n) is 3.29. The second-order valence-electron chi connectivity index (χ2n) is 6.48. The highest BCUT2D eigenvalue weighted by Crippen LogP contribution is 2.36. The third-order valence-corrected chi connectivity index (χ3v) is 4.66. The van der Waals surface area contributed by atoms with Crippen LogP contribution in [0.25, 0.3) is 0 Å². The topological polar surface area (TPSA) is 92.6 Å². The first-order chi connectivity index (χ1) is 13.6. The fraction of sp³-hybridized carbons (Fsp3) is 0.222. The molecule has 0 aliphatic carbocycles. The Labute approximate surface area is 161 Å². The van der Waals surface area contributed by atoms with E-state index in [4.69, 9.17) is 0 Å². The minimum absolute atomic E-state index is 0.104. The largest absolute Gasteiger partial charge is 0.344 e. The molecule has 3 rings (SSSR count). The van der Waals surface area contributed by atoms with Gasteiger partial charge in [0.05, 0.1) is 4.92 Å². The van der Waals surface area contributed by atoms with Gasteiger partial charge in [-0.3, -0.25) is 19.7 Å². The summed E-state index contributed by atoms with van der Waals surface area (Å²) in [6, 6.07) is 4.40. The average molecular weight is 411 g/mol. The zero-order valence-electron chi connectivity index (χ0n) is 14.8. The molecule has 1 heterocycles. The zero-order valence-corrected chi connectivity index (χ0v) is 14.8. The number of carbonyl (C=O) groups is 2. The maximum absolute atomic E-state index is 13.7. The van der Waals surface area contributed by atoms with Gasteiger partial charge >= 0.3 is 5.69 Å². The number of nitrogens with one attached hydrogen (secondary N) is 1. The summed E-state index contributed by atoms with van der Waals surface area (Å²) in [5.41, 5.74) is -1.60. The van der Waals surface area contributed by atoms with Gasteiger partial charge in [-0.25, -0.2) is 13.2 Å². The number of nitro benzene ring substituents is 1. The van der Waals surface area contributed by atoms with Crippen LogP contribution in [0.5, 0.6) is 0 Å². The van der Waals surface area contributed by atoms with E-state index >= 15 is 0 Å². The van der Waals surface area contributed by atoms with Crippen molar-refractivity contribution in [3.63, 3.8) is 0 Å². The lowest BCUT2D eigenvalue weighted by atomic mass is 9.87. The summed E-state index contributed by atoms with van der Waals surface area (Å²) in [5, 5.41) is 13.2. The van der Waals surface area contributed by atoms with Gasteiger partial charge in [0, 0.05) is 19.5 Å². The van der Waals surface area contributed by atoms with Crippen LogP contribution in [0.2, 0.25) is 0 Å². The molecule has 0 saturated carbocycles. The highest BCUT2D eigenvalue weighted by atomic mass is 19.2. The molecule has 0 radical (unpaired) electrons. The number of halogens is 4. The lowest BCUT2D eigenvalue weighted by Gasteiger charge is -2.17. The number of hydrogen-bond acceptors (Lipinski definition) is 4. The van der Waals surface area contributed by atoms with E-state index in [0.29, 0.717) is 12.1 Å². The molecule has 7 nitrogen and oxygen atoms in total. The highest BCUT2D eigenvalue weighted by molar-refractivity contribution is 6.09. The SMILES string of the molecule is CN1C[C@H](c2cc(F)c(F)c(F)c2)[C@@H](C(=O)Nc2cccc(F)c2[N+](=O)[O-])C1=O. The molecule has 29 heavy (non-hydrogen) atoms. The van der Waals surface area contributed by atoms with Gasteiger partial charge in [0.25, 0.3) is 0 Å². The molecule has 0 aromatic heterocycles. The predicted molar refractivity (Wildman–Crippen MR) is 91.9 cm³/mol. The smallest absolute Gasteiger partial charge is 0.328 e. The van der Waals surface area contributed by atoms with E-state index < -0.39 is 63.2 Å². The Kier molecular flexibility index (Phi) is 5.23. The third kappa shape index (κ3) is 3.62. The molecule has 2 amide bonds. The van der Waals surface area contributed by atoms with Gasteiger partial charge in [-0.2, -0.15) is 4.39 Å². The number of likely N-dealkylation sites (tertiary alicyclic amines) is 1. The van der Waals surface area contributed by atoms with E-state index in [1.807, 2.05) is 0 Å². The lowest BCUT2D eigenvalue weighted by Crippen LogP contribution is -2.33. The van der Waals surface area contributed by atoms with Gasteiger partial charge in [0.15, 0.2) is 17.5 Å². The summed E-state index contributed by atoms with van der Waals surface area (Å²) in [7, 11) is 1.35. The van der Waals surface area contributed by atoms with Crippen molar-refractivity contribution in [3.05, 3.63) is 69.3 Å². The van der Waals surface area contributed by atoms with Crippen molar-refractivity contribution in [2.24, 2.45) is 5.92 Å². The molecule has 0 bridgehead atoms. The Bertz CT molecular complexity index is 1010. The minimum atomic E-state index is -1.69. The van der Waals surface area contributed by atoms with Crippen LogP contribution < -0.4 is 5.32 Å². The average Bonchev–Trinajstić information content (AvgIpc) is 2.94. The summed E-state index contributed by atoms with van der Waals surface area (Å²) in [5.74, 6) is -10.1. The van der Waals surface area contributed by atoms with Gasteiger partial charge in [-0.15, -0.1) is 0 Å². The fourth-order valence-corrected chi connectivity index (χ4v) is 3.29. The number of likely N-dealkylation sites (N-methyl/N-ethyl adjacent to an activating group) is 1. The number of rotatable bonds is 4. The summed E-state index contributed by atoms with van der Waals surface area (Å²) >= 11 is 0. The Morgan fingerprint density at radius 3 is 2.38 bits per heavy atom. The lowest BCUT2D eigenvalue weighted by molar-refractivity contribution is -0.386. The number of para-hydroxylation sites is 1. The van der Waals surface area contributed by atoms with Crippen LogP contribution in [0.3, 0.4) is 0 Å². The standard InChI is InChI=1S/C18H13F4N3O4/c1-24-7-9(8-5-11(20)15(22)12(21)6-8)14(18(24)27)17(26)23-13-4-2-3-10(19)16(13)25(28)29/h2-6,9,14H,7H2,1H3,(H,23,26)/t9-,14+/m1/s1. The normalized spacial score (nSPS) is 18.8. The van der Waals surface area contributed by atoms with Crippen LogP contribution in [0.15, 0.2) is 30.3 Å². The van der Waals surface area contributed by atoms with Crippen LogP contribution in [0.4, 0.5) is 28.9 Å². The Hall–Kier alpha value is -3.50. The van der Waals surface area contributed by atoms with Crippen molar-refractivity contribution < 1.29 is 32.1 Å². The Morgan fingerprint density at radius 1 is 1.17 bits per heavy atom. The number of carbonyl (C=O) groups excluding carboxylic acids is 2. The van der Waals surface area contributed by atoms with Gasteiger partial charge in [0.2, 0.25) is 17.6 Å². The number of nitro groups is 1. The van der Waals surface area contributed by atoms with E-state index in [1.165, 1.54) is 7.05 Å². The van der Waals surface area contributed by atoms with Crippen LogP contribution in [0.1, 0.15) is 11.5 Å². The van der Waals surface area contributed by atoms with Crippen molar-refractivity contribution in [3.8, 4) is 0 Å². The molecule has 1 aliphatic heterocycles. The third-order valence-electron chi connectivity index (χ3n) is 4.66. The van der Waals surface area contributed by atoms with Crippen LogP contribution >= 0.6 is 0 Å². The second kappa shape index (κ2) is 7.49.